The van der Waals surface area contributed by atoms with Gasteiger partial charge in [0, 0.05) is 24.2 Å². The molecule has 0 aliphatic heterocycles. The fourth-order valence-corrected chi connectivity index (χ4v) is 2.27. The van der Waals surface area contributed by atoms with Gasteiger partial charge in [-0.3, -0.25) is 4.79 Å². The smallest absolute Gasteiger partial charge is 0.327 e. The summed E-state index contributed by atoms with van der Waals surface area (Å²) in [7, 11) is 0. The van der Waals surface area contributed by atoms with E-state index in [4.69, 9.17) is 23.8 Å². The van der Waals surface area contributed by atoms with Crippen molar-refractivity contribution in [3.8, 4) is 12.3 Å². The Bertz CT molecular complexity index is 608. The second kappa shape index (κ2) is 7.83. The highest BCUT2D eigenvalue weighted by Gasteiger charge is 2.29. The van der Waals surface area contributed by atoms with Gasteiger partial charge in [0.05, 0.1) is 5.02 Å². The summed E-state index contributed by atoms with van der Waals surface area (Å²) in [5, 5.41) is 9.54. The van der Waals surface area contributed by atoms with Crippen LogP contribution in [0, 0.1) is 18.3 Å². The zero-order valence-electron chi connectivity index (χ0n) is 12.5. The van der Waals surface area contributed by atoms with E-state index in [1.165, 1.54) is 17.0 Å². The standard InChI is InChI=1S/C16H19ClN2O3/c1-4-11-5-6-12(7-13(11)17)15(20)19(9-10(2)3)14(8-18)16(21)22/h1,5-7,10,14H,8-9,18H2,2-3H3,(H,21,22). The van der Waals surface area contributed by atoms with Gasteiger partial charge in [0.1, 0.15) is 6.04 Å². The molecule has 118 valence electrons. The molecule has 3 N–H and O–H groups in total. The summed E-state index contributed by atoms with van der Waals surface area (Å²) in [5.74, 6) is 0.930. The molecule has 1 amide bonds. The summed E-state index contributed by atoms with van der Waals surface area (Å²) in [6.07, 6.45) is 5.29. The first-order chi connectivity index (χ1) is 10.3. The van der Waals surface area contributed by atoms with Gasteiger partial charge in [0.2, 0.25) is 0 Å². The van der Waals surface area contributed by atoms with E-state index in [0.29, 0.717) is 5.56 Å². The summed E-state index contributed by atoms with van der Waals surface area (Å²) in [5.41, 5.74) is 6.27. The molecule has 6 heteroatoms. The number of hydrogen-bond donors (Lipinski definition) is 2. The van der Waals surface area contributed by atoms with E-state index in [0.717, 1.165) is 0 Å². The van der Waals surface area contributed by atoms with Gasteiger partial charge >= 0.3 is 5.97 Å². The number of carbonyl (C=O) groups is 2. The molecule has 0 bridgehead atoms. The lowest BCUT2D eigenvalue weighted by molar-refractivity contribution is -0.142. The van der Waals surface area contributed by atoms with Crippen LogP contribution in [-0.4, -0.2) is 41.0 Å². The van der Waals surface area contributed by atoms with Gasteiger partial charge in [0.25, 0.3) is 5.91 Å². The lowest BCUT2D eigenvalue weighted by Gasteiger charge is -2.30. The predicted octanol–water partition coefficient (Wildman–Crippen LogP) is 1.83. The van der Waals surface area contributed by atoms with Gasteiger partial charge in [-0.1, -0.05) is 31.4 Å². The van der Waals surface area contributed by atoms with Crippen molar-refractivity contribution in [3.63, 3.8) is 0 Å². The van der Waals surface area contributed by atoms with Crippen LogP contribution in [-0.2, 0) is 4.79 Å². The van der Waals surface area contributed by atoms with Crippen molar-refractivity contribution in [2.45, 2.75) is 19.9 Å². The molecule has 0 saturated carbocycles. The highest BCUT2D eigenvalue weighted by Crippen LogP contribution is 2.19. The molecule has 0 fully saturated rings. The molecule has 1 aromatic carbocycles. The number of aliphatic carboxylic acids is 1. The summed E-state index contributed by atoms with van der Waals surface area (Å²) in [6.45, 7) is 3.90. The zero-order valence-corrected chi connectivity index (χ0v) is 13.3. The van der Waals surface area contributed by atoms with Crippen LogP contribution in [0.25, 0.3) is 0 Å². The van der Waals surface area contributed by atoms with Crippen molar-refractivity contribution in [2.75, 3.05) is 13.1 Å². The van der Waals surface area contributed by atoms with Gasteiger partial charge in [-0.15, -0.1) is 6.42 Å². The van der Waals surface area contributed by atoms with Crippen molar-refractivity contribution in [3.05, 3.63) is 34.3 Å². The highest BCUT2D eigenvalue weighted by molar-refractivity contribution is 6.32. The molecule has 0 heterocycles. The molecule has 0 saturated heterocycles. The van der Waals surface area contributed by atoms with E-state index < -0.39 is 17.9 Å². The fraction of sp³-hybridized carbons (Fsp3) is 0.375. The Balaban J connectivity index is 3.19. The number of carbonyl (C=O) groups excluding carboxylic acids is 1. The van der Waals surface area contributed by atoms with Crippen LogP contribution in [0.3, 0.4) is 0 Å². The van der Waals surface area contributed by atoms with Gasteiger partial charge in [-0.2, -0.15) is 0 Å². The first-order valence-electron chi connectivity index (χ1n) is 6.81. The minimum absolute atomic E-state index is 0.0952. The van der Waals surface area contributed by atoms with Crippen LogP contribution in [0.15, 0.2) is 18.2 Å². The minimum Gasteiger partial charge on any atom is -0.480 e. The number of hydrogen-bond acceptors (Lipinski definition) is 3. The monoisotopic (exact) mass is 322 g/mol. The average Bonchev–Trinajstić information content (AvgIpc) is 2.45. The Hall–Kier alpha value is -2.03. The minimum atomic E-state index is -1.14. The summed E-state index contributed by atoms with van der Waals surface area (Å²) in [6, 6.07) is 3.45. The van der Waals surface area contributed by atoms with E-state index in [1.54, 1.807) is 6.07 Å². The molecular formula is C16H19ClN2O3. The van der Waals surface area contributed by atoms with Crippen molar-refractivity contribution in [1.29, 1.82) is 0 Å². The predicted molar refractivity (Wildman–Crippen MR) is 85.7 cm³/mol. The number of rotatable bonds is 6. The first kappa shape index (κ1) is 18.0. The molecule has 22 heavy (non-hydrogen) atoms. The number of halogens is 1. The number of amides is 1. The topological polar surface area (TPSA) is 83.6 Å². The van der Waals surface area contributed by atoms with Gasteiger partial charge in [-0.25, -0.2) is 4.79 Å². The molecule has 1 atom stereocenters. The van der Waals surface area contributed by atoms with Crippen LogP contribution in [0.5, 0.6) is 0 Å². The quantitative estimate of drug-likeness (QED) is 0.783. The number of nitrogens with two attached hydrogens (primary N) is 1. The maximum absolute atomic E-state index is 12.6. The second-order valence-corrected chi connectivity index (χ2v) is 5.69. The SMILES string of the molecule is C#Cc1ccc(C(=O)N(CC(C)C)C(CN)C(=O)O)cc1Cl. The normalized spacial score (nSPS) is 11.8. The largest absolute Gasteiger partial charge is 0.480 e. The lowest BCUT2D eigenvalue weighted by Crippen LogP contribution is -2.50. The third-order valence-electron chi connectivity index (χ3n) is 3.08. The van der Waals surface area contributed by atoms with Crippen LogP contribution in [0.4, 0.5) is 0 Å². The molecule has 0 radical (unpaired) electrons. The lowest BCUT2D eigenvalue weighted by atomic mass is 10.1. The Morgan fingerprint density at radius 2 is 2.09 bits per heavy atom. The Labute approximate surface area is 135 Å². The van der Waals surface area contributed by atoms with Crippen LogP contribution in [0.1, 0.15) is 29.8 Å². The molecule has 1 aromatic rings. The van der Waals surface area contributed by atoms with E-state index in [1.807, 2.05) is 13.8 Å². The Kier molecular flexibility index (Phi) is 6.41. The fourth-order valence-electron chi connectivity index (χ4n) is 2.04. The number of nitrogens with zero attached hydrogens (tertiary/aromatic N) is 1. The van der Waals surface area contributed by atoms with Crippen molar-refractivity contribution >= 4 is 23.5 Å². The molecule has 1 rings (SSSR count). The van der Waals surface area contributed by atoms with Crippen molar-refractivity contribution < 1.29 is 14.7 Å². The van der Waals surface area contributed by atoms with Crippen LogP contribution < -0.4 is 5.73 Å². The van der Waals surface area contributed by atoms with Crippen molar-refractivity contribution in [2.24, 2.45) is 11.7 Å². The van der Waals surface area contributed by atoms with Crippen LogP contribution >= 0.6 is 11.6 Å². The molecule has 0 aromatic heterocycles. The second-order valence-electron chi connectivity index (χ2n) is 5.28. The van der Waals surface area contributed by atoms with E-state index >= 15 is 0 Å². The first-order valence-corrected chi connectivity index (χ1v) is 7.19. The zero-order chi connectivity index (χ0) is 16.9. The average molecular weight is 323 g/mol. The highest BCUT2D eigenvalue weighted by atomic mass is 35.5. The maximum atomic E-state index is 12.6. The molecule has 0 spiro atoms. The number of terminal acetylenes is 1. The molecule has 1 unspecified atom stereocenters. The van der Waals surface area contributed by atoms with Crippen LogP contribution in [0.2, 0.25) is 5.02 Å². The van der Waals surface area contributed by atoms with Gasteiger partial charge in [-0.05, 0) is 24.1 Å². The third-order valence-corrected chi connectivity index (χ3v) is 3.39. The van der Waals surface area contributed by atoms with E-state index in [2.05, 4.69) is 5.92 Å². The van der Waals surface area contributed by atoms with Crippen molar-refractivity contribution in [1.82, 2.24) is 4.90 Å². The van der Waals surface area contributed by atoms with E-state index in [9.17, 15) is 14.7 Å². The van der Waals surface area contributed by atoms with Gasteiger partial charge < -0.3 is 15.7 Å². The molecule has 5 nitrogen and oxygen atoms in total. The number of benzene rings is 1. The number of carboxylic acid groups (broad SMARTS) is 1. The van der Waals surface area contributed by atoms with E-state index in [-0.39, 0.29) is 29.6 Å². The molecular weight excluding hydrogens is 304 g/mol. The third kappa shape index (κ3) is 4.23. The number of carboxylic acids is 1. The van der Waals surface area contributed by atoms with Gasteiger partial charge in [0.15, 0.2) is 0 Å². The Morgan fingerprint density at radius 1 is 1.45 bits per heavy atom. The summed E-state index contributed by atoms with van der Waals surface area (Å²) in [4.78, 5) is 25.2. The maximum Gasteiger partial charge on any atom is 0.327 e. The molecule has 0 aliphatic rings. The Morgan fingerprint density at radius 3 is 2.50 bits per heavy atom. The summed E-state index contributed by atoms with van der Waals surface area (Å²) < 4.78 is 0. The summed E-state index contributed by atoms with van der Waals surface area (Å²) >= 11 is 6.01. The molecule has 0 aliphatic carbocycles.